The molecule has 8 atom stereocenters. The van der Waals surface area contributed by atoms with Gasteiger partial charge in [-0.05, 0) is 108 Å². The fraction of sp³-hybridized carbons (Fsp3) is 0.537. The zero-order chi connectivity index (χ0) is 47.7. The van der Waals surface area contributed by atoms with Gasteiger partial charge in [-0.25, -0.2) is 4.68 Å². The lowest BCUT2D eigenvalue weighted by Crippen LogP contribution is -2.54. The van der Waals surface area contributed by atoms with E-state index in [1.807, 2.05) is 119 Å². The van der Waals surface area contributed by atoms with Crippen molar-refractivity contribution in [2.45, 2.75) is 159 Å². The lowest BCUT2D eigenvalue weighted by molar-refractivity contribution is -0.127. The van der Waals surface area contributed by atoms with Gasteiger partial charge in [0.15, 0.2) is 0 Å². The summed E-state index contributed by atoms with van der Waals surface area (Å²) in [6.45, 7) is 15.7. The number of hydrogen-bond acceptors (Lipinski definition) is 8. The molecule has 4 N–H and O–H groups in total. The van der Waals surface area contributed by atoms with Crippen LogP contribution in [0.1, 0.15) is 129 Å². The maximum absolute atomic E-state index is 13.8. The number of nitrogens with one attached hydrogen (secondary N) is 4. The second-order valence-electron chi connectivity index (χ2n) is 19.8. The molecule has 4 aliphatic rings. The molecule has 0 radical (unpaired) electrons. The predicted molar refractivity (Wildman–Crippen MR) is 270 cm³/mol. The number of aryl methyl sites for hydroxylation is 1. The van der Waals surface area contributed by atoms with Crippen molar-refractivity contribution in [3.63, 3.8) is 0 Å². The van der Waals surface area contributed by atoms with Crippen LogP contribution in [0, 0.1) is 18.8 Å². The molecule has 0 bridgehead atoms. The highest BCUT2D eigenvalue weighted by molar-refractivity contribution is 8.01. The third-order valence-corrected chi connectivity index (χ3v) is 16.0. The number of hydrogen-bond donors (Lipinski definition) is 4. The smallest absolute Gasteiger partial charge is 0.244 e. The number of amides is 4. The third-order valence-electron chi connectivity index (χ3n) is 14.4. The van der Waals surface area contributed by atoms with Gasteiger partial charge in [0.25, 0.3) is 0 Å². The van der Waals surface area contributed by atoms with Gasteiger partial charge in [0.05, 0.1) is 28.8 Å². The van der Waals surface area contributed by atoms with Crippen LogP contribution < -0.4 is 21.3 Å². The zero-order valence-corrected chi connectivity index (χ0v) is 41.6. The van der Waals surface area contributed by atoms with Gasteiger partial charge in [0, 0.05) is 53.9 Å². The zero-order valence-electron chi connectivity index (χ0n) is 40.7. The molecule has 0 aliphatic carbocycles. The number of carbonyl (C=O) groups is 4. The van der Waals surface area contributed by atoms with Gasteiger partial charge in [-0.2, -0.15) is 5.10 Å². The number of carbonyl (C=O) groups excluding carboxylic acids is 4. The first-order chi connectivity index (χ1) is 32.3. The summed E-state index contributed by atoms with van der Waals surface area (Å²) in [5.41, 5.74) is 3.92. The lowest BCUT2D eigenvalue weighted by Gasteiger charge is -2.33. The van der Waals surface area contributed by atoms with E-state index >= 15 is 0 Å². The summed E-state index contributed by atoms with van der Waals surface area (Å²) in [6, 6.07) is 32.1. The standard InChI is InChI=1S/C28H37N3O2.C26H37N5O2S/c1-3-20(2)27(32)29-23-15-10-16-24-17-18-25(31(24)19-23)28(33)30-26(21-11-6-4-7-12-21)22-13-8-5-9-14-22;1-6-17(2)24(32)27-19-11-10-14-22-30(16-19)23(26(4,5)34-22)25(33)28-21-15-18(3)29-31(21)20-12-8-7-9-13-20/h4-9,11-14,20,23-26H,3,10,15-19H2,1-2H3,(H,29,32)(H,30,33);7-9,12-13,15,17,19,22-23H,6,10-11,14,16H2,1-5H3,(H,27,32)(H,28,33)/t20-,23?,24+,25?;17-,19?,22-,23?/m11/s1. The van der Waals surface area contributed by atoms with Crippen LogP contribution in [-0.2, 0) is 19.2 Å². The summed E-state index contributed by atoms with van der Waals surface area (Å²) in [4.78, 5) is 57.2. The van der Waals surface area contributed by atoms with E-state index in [4.69, 9.17) is 0 Å². The van der Waals surface area contributed by atoms with Crippen molar-refractivity contribution in [1.29, 1.82) is 0 Å². The quantitative estimate of drug-likeness (QED) is 0.104. The van der Waals surface area contributed by atoms with E-state index in [1.165, 1.54) is 0 Å². The summed E-state index contributed by atoms with van der Waals surface area (Å²) >= 11 is 1.88. The minimum Gasteiger partial charge on any atom is -0.352 e. The second-order valence-corrected chi connectivity index (χ2v) is 21.6. The first-order valence-electron chi connectivity index (χ1n) is 24.9. The number of fused-ring (bicyclic) bond motifs is 2. The Morgan fingerprint density at radius 2 is 1.24 bits per heavy atom. The number of aromatic nitrogens is 2. The van der Waals surface area contributed by atoms with Gasteiger partial charge in [-0.3, -0.25) is 29.0 Å². The van der Waals surface area contributed by atoms with E-state index in [0.29, 0.717) is 18.4 Å². The average molecular weight is 931 g/mol. The molecule has 5 heterocycles. The summed E-state index contributed by atoms with van der Waals surface area (Å²) in [6.07, 6.45) is 9.79. The highest BCUT2D eigenvalue weighted by Gasteiger charge is 2.52. The molecule has 3 aromatic carbocycles. The Morgan fingerprint density at radius 3 is 1.81 bits per heavy atom. The van der Waals surface area contributed by atoms with Crippen LogP contribution in [0.2, 0.25) is 0 Å². The SMILES string of the molecule is CC[C@@H](C)C(=O)NC1CCC[C@H]2CCC(C(=O)NC(c3ccccc3)c3ccccc3)N2C1.CC[C@@H](C)C(=O)NC1CCC[C@H]2SC(C)(C)C(C(=O)Nc3cc(C)nn3-c3ccccc3)N2C1. The molecule has 67 heavy (non-hydrogen) atoms. The second kappa shape index (κ2) is 22.9. The van der Waals surface area contributed by atoms with Gasteiger partial charge < -0.3 is 21.3 Å². The van der Waals surface area contributed by atoms with Crippen LogP contribution in [0.25, 0.3) is 5.69 Å². The van der Waals surface area contributed by atoms with Gasteiger partial charge in [0.2, 0.25) is 23.6 Å². The van der Waals surface area contributed by atoms with E-state index in [0.717, 1.165) is 93.3 Å². The van der Waals surface area contributed by atoms with Gasteiger partial charge in [0.1, 0.15) is 11.9 Å². The maximum atomic E-state index is 13.8. The lowest BCUT2D eigenvalue weighted by atomic mass is 9.98. The number of nitrogens with zero attached hydrogens (tertiary/aromatic N) is 4. The van der Waals surface area contributed by atoms with Crippen molar-refractivity contribution in [1.82, 2.24) is 35.5 Å². The first kappa shape index (κ1) is 49.9. The largest absolute Gasteiger partial charge is 0.352 e. The number of benzene rings is 3. The van der Waals surface area contributed by atoms with Crippen LogP contribution in [-0.4, -0.2) is 96.6 Å². The van der Waals surface area contributed by atoms with Gasteiger partial charge in [-0.1, -0.05) is 107 Å². The van der Waals surface area contributed by atoms with Crippen LogP contribution >= 0.6 is 11.8 Å². The highest BCUT2D eigenvalue weighted by atomic mass is 32.2. The molecule has 4 aromatic rings. The van der Waals surface area contributed by atoms with E-state index in [1.54, 1.807) is 4.68 Å². The summed E-state index contributed by atoms with van der Waals surface area (Å²) < 4.78 is 1.54. The van der Waals surface area contributed by atoms with Crippen molar-refractivity contribution in [3.8, 4) is 5.69 Å². The monoisotopic (exact) mass is 931 g/mol. The number of para-hydroxylation sites is 1. The molecule has 8 rings (SSSR count). The van der Waals surface area contributed by atoms with E-state index in [-0.39, 0.29) is 75.8 Å². The minimum absolute atomic E-state index is 0.00375. The molecule has 0 saturated carbocycles. The average Bonchev–Trinajstić information content (AvgIpc) is 3.88. The summed E-state index contributed by atoms with van der Waals surface area (Å²) in [7, 11) is 0. The molecule has 0 spiro atoms. The van der Waals surface area contributed by atoms with Crippen molar-refractivity contribution in [2.24, 2.45) is 11.8 Å². The number of rotatable bonds is 13. The maximum Gasteiger partial charge on any atom is 0.244 e. The third kappa shape index (κ3) is 12.4. The highest BCUT2D eigenvalue weighted by Crippen LogP contribution is 2.47. The normalized spacial score (nSPS) is 24.7. The van der Waals surface area contributed by atoms with Crippen molar-refractivity contribution < 1.29 is 19.2 Å². The first-order valence-corrected chi connectivity index (χ1v) is 25.8. The topological polar surface area (TPSA) is 141 Å². The number of thioether (sulfide) groups is 1. The van der Waals surface area contributed by atoms with Gasteiger partial charge in [-0.15, -0.1) is 11.8 Å². The molecular weight excluding hydrogens is 857 g/mol. The Morgan fingerprint density at radius 1 is 0.701 bits per heavy atom. The van der Waals surface area contributed by atoms with E-state index < -0.39 is 0 Å². The predicted octanol–water partition coefficient (Wildman–Crippen LogP) is 8.80. The van der Waals surface area contributed by atoms with E-state index in [2.05, 4.69) is 74.3 Å². The molecule has 1 aromatic heterocycles. The molecule has 4 aliphatic heterocycles. The van der Waals surface area contributed by atoms with E-state index in [9.17, 15) is 19.2 Å². The Balaban J connectivity index is 0.000000199. The Kier molecular flexibility index (Phi) is 17.0. The summed E-state index contributed by atoms with van der Waals surface area (Å²) in [5, 5.41) is 17.9. The van der Waals surface area contributed by atoms with Gasteiger partial charge >= 0.3 is 0 Å². The van der Waals surface area contributed by atoms with Crippen molar-refractivity contribution >= 4 is 41.2 Å². The van der Waals surface area contributed by atoms with Crippen LogP contribution in [0.4, 0.5) is 5.82 Å². The molecule has 4 unspecified atom stereocenters. The van der Waals surface area contributed by atoms with Crippen LogP contribution in [0.3, 0.4) is 0 Å². The Bertz CT molecular complexity index is 2220. The fourth-order valence-corrected chi connectivity index (χ4v) is 12.0. The molecule has 4 fully saturated rings. The van der Waals surface area contributed by atoms with Crippen molar-refractivity contribution in [3.05, 3.63) is 114 Å². The molecular formula is C54H74N8O4S. The van der Waals surface area contributed by atoms with Crippen molar-refractivity contribution in [2.75, 3.05) is 18.4 Å². The molecule has 360 valence electrons. The summed E-state index contributed by atoms with van der Waals surface area (Å²) in [5.74, 6) is 1.02. The fourth-order valence-electron chi connectivity index (χ4n) is 10.3. The molecule has 4 amide bonds. The Labute approximate surface area is 403 Å². The minimum atomic E-state index is -0.303. The van der Waals surface area contributed by atoms with Crippen LogP contribution in [0.15, 0.2) is 97.1 Å². The molecule has 12 nitrogen and oxygen atoms in total. The Hall–Kier alpha value is -4.98. The molecule has 13 heteroatoms. The number of anilines is 1. The molecule has 4 saturated heterocycles. The van der Waals surface area contributed by atoms with Crippen LogP contribution in [0.5, 0.6) is 0 Å².